The number of aryl methyl sites for hydroxylation is 1. The summed E-state index contributed by atoms with van der Waals surface area (Å²) in [7, 11) is 3.34. The van der Waals surface area contributed by atoms with Gasteiger partial charge >= 0.3 is 0 Å². The summed E-state index contributed by atoms with van der Waals surface area (Å²) >= 11 is 0. The summed E-state index contributed by atoms with van der Waals surface area (Å²) < 4.78 is 1.27. The van der Waals surface area contributed by atoms with Crippen molar-refractivity contribution in [2.45, 2.75) is 18.9 Å². The van der Waals surface area contributed by atoms with E-state index in [1.807, 2.05) is 0 Å². The quantitative estimate of drug-likeness (QED) is 0.896. The Kier molecular flexibility index (Phi) is 4.65. The summed E-state index contributed by atoms with van der Waals surface area (Å²) in [6, 6.07) is 10.2. The molecule has 1 aliphatic heterocycles. The van der Waals surface area contributed by atoms with Gasteiger partial charge in [-0.25, -0.2) is 4.68 Å². The number of hydrogen-bond acceptors (Lipinski definition) is 4. The van der Waals surface area contributed by atoms with E-state index >= 15 is 0 Å². The van der Waals surface area contributed by atoms with E-state index in [1.54, 1.807) is 49.3 Å². The fourth-order valence-electron chi connectivity index (χ4n) is 2.85. The van der Waals surface area contributed by atoms with Gasteiger partial charge in [0.2, 0.25) is 5.91 Å². The highest BCUT2D eigenvalue weighted by atomic mass is 16.2. The molecule has 1 aromatic carbocycles. The van der Waals surface area contributed by atoms with Crippen LogP contribution in [0.3, 0.4) is 0 Å². The van der Waals surface area contributed by atoms with Crippen LogP contribution >= 0.6 is 0 Å². The smallest absolute Gasteiger partial charge is 0.266 e. The molecule has 7 heteroatoms. The molecule has 7 nitrogen and oxygen atoms in total. The van der Waals surface area contributed by atoms with E-state index in [2.05, 4.69) is 10.4 Å². The first-order valence-electron chi connectivity index (χ1n) is 8.13. The Morgan fingerprint density at radius 2 is 1.84 bits per heavy atom. The third-order valence-corrected chi connectivity index (χ3v) is 4.37. The number of piperidine rings is 1. The van der Waals surface area contributed by atoms with Crippen LogP contribution in [-0.2, 0) is 11.8 Å². The van der Waals surface area contributed by atoms with E-state index in [-0.39, 0.29) is 23.4 Å². The molecule has 1 aliphatic rings. The number of amides is 2. The van der Waals surface area contributed by atoms with Gasteiger partial charge in [0.15, 0.2) is 0 Å². The van der Waals surface area contributed by atoms with Crippen LogP contribution < -0.4 is 10.9 Å². The Morgan fingerprint density at radius 3 is 2.48 bits per heavy atom. The van der Waals surface area contributed by atoms with Crippen molar-refractivity contribution in [3.8, 4) is 11.3 Å². The van der Waals surface area contributed by atoms with Gasteiger partial charge in [-0.2, -0.15) is 5.10 Å². The lowest BCUT2D eigenvalue weighted by Gasteiger charge is -2.30. The summed E-state index contributed by atoms with van der Waals surface area (Å²) in [5.41, 5.74) is 1.88. The number of carbonyl (C=O) groups excluding carboxylic acids is 2. The fraction of sp³-hybridized carbons (Fsp3) is 0.333. The Bertz CT molecular complexity index is 857. The van der Waals surface area contributed by atoms with E-state index in [0.29, 0.717) is 30.6 Å². The van der Waals surface area contributed by atoms with Gasteiger partial charge in [0.05, 0.1) is 5.69 Å². The van der Waals surface area contributed by atoms with E-state index in [0.717, 1.165) is 5.56 Å². The fourth-order valence-corrected chi connectivity index (χ4v) is 2.85. The Hall–Kier alpha value is -2.96. The number of likely N-dealkylation sites (N-methyl/N-ethyl adjacent to an activating group) is 1. The normalized spacial score (nSPS) is 17.4. The minimum atomic E-state index is -0.171. The number of aromatic nitrogens is 2. The minimum Gasteiger partial charge on any atom is -0.348 e. The lowest BCUT2D eigenvalue weighted by molar-refractivity contribution is -0.132. The van der Waals surface area contributed by atoms with Crippen molar-refractivity contribution in [2.24, 2.45) is 7.05 Å². The molecule has 0 bridgehead atoms. The number of nitrogens with one attached hydrogen (secondary N) is 1. The Labute approximate surface area is 145 Å². The second-order valence-corrected chi connectivity index (χ2v) is 6.24. The lowest BCUT2D eigenvalue weighted by Crippen LogP contribution is -2.48. The number of likely N-dealkylation sites (tertiary alicyclic amines) is 1. The summed E-state index contributed by atoms with van der Waals surface area (Å²) in [6.45, 7) is 0.532. The SMILES string of the molecule is CN1C[C@@H](NC(=O)c2ccc(-c3ccc(=O)n(C)n3)cc2)CCC1=O. The van der Waals surface area contributed by atoms with Crippen LogP contribution in [-0.4, -0.2) is 46.1 Å². The molecule has 0 unspecified atom stereocenters. The van der Waals surface area contributed by atoms with Crippen molar-refractivity contribution in [3.05, 3.63) is 52.3 Å². The second kappa shape index (κ2) is 6.88. The largest absolute Gasteiger partial charge is 0.348 e. The van der Waals surface area contributed by atoms with Gasteiger partial charge in [0.1, 0.15) is 0 Å². The molecule has 0 spiro atoms. The van der Waals surface area contributed by atoms with Gasteiger partial charge in [-0.3, -0.25) is 14.4 Å². The first-order chi connectivity index (χ1) is 11.9. The highest BCUT2D eigenvalue weighted by Crippen LogP contribution is 2.17. The molecule has 1 saturated heterocycles. The van der Waals surface area contributed by atoms with E-state index < -0.39 is 0 Å². The van der Waals surface area contributed by atoms with Crippen LogP contribution in [0, 0.1) is 0 Å². The molecule has 2 heterocycles. The molecule has 25 heavy (non-hydrogen) atoms. The molecule has 0 aliphatic carbocycles. The topological polar surface area (TPSA) is 84.3 Å². The molecule has 1 aromatic heterocycles. The van der Waals surface area contributed by atoms with Crippen molar-refractivity contribution < 1.29 is 9.59 Å². The number of rotatable bonds is 3. The Morgan fingerprint density at radius 1 is 1.12 bits per heavy atom. The zero-order valence-corrected chi connectivity index (χ0v) is 14.2. The summed E-state index contributed by atoms with van der Waals surface area (Å²) in [6.07, 6.45) is 1.12. The number of carbonyl (C=O) groups is 2. The molecule has 1 atom stereocenters. The Balaban J connectivity index is 1.69. The summed E-state index contributed by atoms with van der Waals surface area (Å²) in [4.78, 5) is 36.9. The van der Waals surface area contributed by atoms with Crippen LogP contribution in [0.15, 0.2) is 41.2 Å². The number of benzene rings is 1. The maximum atomic E-state index is 12.4. The van der Waals surface area contributed by atoms with Gasteiger partial charge in [-0.05, 0) is 24.6 Å². The van der Waals surface area contributed by atoms with E-state index in [9.17, 15) is 14.4 Å². The highest BCUT2D eigenvalue weighted by molar-refractivity contribution is 5.95. The second-order valence-electron chi connectivity index (χ2n) is 6.24. The standard InChI is InChI=1S/C18H20N4O3/c1-21-11-14(7-9-16(21)23)19-18(25)13-5-3-12(4-6-13)15-8-10-17(24)22(2)20-15/h3-6,8,10,14H,7,9,11H2,1-2H3,(H,19,25)/t14-/m0/s1. The molecule has 3 rings (SSSR count). The first-order valence-corrected chi connectivity index (χ1v) is 8.13. The van der Waals surface area contributed by atoms with Crippen LogP contribution in [0.4, 0.5) is 0 Å². The van der Waals surface area contributed by atoms with Crippen molar-refractivity contribution in [2.75, 3.05) is 13.6 Å². The van der Waals surface area contributed by atoms with Crippen LogP contribution in [0.1, 0.15) is 23.2 Å². The van der Waals surface area contributed by atoms with Gasteiger partial charge < -0.3 is 10.2 Å². The van der Waals surface area contributed by atoms with E-state index in [1.165, 1.54) is 10.7 Å². The molecular formula is C18H20N4O3. The molecule has 1 N–H and O–H groups in total. The predicted molar refractivity (Wildman–Crippen MR) is 93.0 cm³/mol. The van der Waals surface area contributed by atoms with Crippen LogP contribution in [0.5, 0.6) is 0 Å². The molecule has 1 fully saturated rings. The summed E-state index contributed by atoms with van der Waals surface area (Å²) in [5, 5.41) is 7.16. The predicted octanol–water partition coefficient (Wildman–Crippen LogP) is 0.798. The van der Waals surface area contributed by atoms with Gasteiger partial charge in [-0.1, -0.05) is 12.1 Å². The zero-order chi connectivity index (χ0) is 18.0. The van der Waals surface area contributed by atoms with Crippen LogP contribution in [0.2, 0.25) is 0 Å². The third kappa shape index (κ3) is 3.76. The lowest BCUT2D eigenvalue weighted by atomic mass is 10.0. The summed E-state index contributed by atoms with van der Waals surface area (Å²) in [5.74, 6) is -0.0488. The maximum absolute atomic E-state index is 12.4. The molecule has 0 radical (unpaired) electrons. The van der Waals surface area contributed by atoms with Crippen molar-refractivity contribution in [1.82, 2.24) is 20.0 Å². The van der Waals surface area contributed by atoms with Crippen molar-refractivity contribution in [1.29, 1.82) is 0 Å². The molecule has 2 aromatic rings. The molecule has 130 valence electrons. The molecule has 0 saturated carbocycles. The number of hydrogen-bond donors (Lipinski definition) is 1. The van der Waals surface area contributed by atoms with Crippen molar-refractivity contribution in [3.63, 3.8) is 0 Å². The maximum Gasteiger partial charge on any atom is 0.266 e. The monoisotopic (exact) mass is 340 g/mol. The van der Waals surface area contributed by atoms with Gasteiger partial charge in [0, 0.05) is 50.3 Å². The molecule has 2 amide bonds. The number of nitrogens with zero attached hydrogens (tertiary/aromatic N) is 3. The average molecular weight is 340 g/mol. The highest BCUT2D eigenvalue weighted by Gasteiger charge is 2.24. The zero-order valence-electron chi connectivity index (χ0n) is 14.2. The first kappa shape index (κ1) is 16.9. The van der Waals surface area contributed by atoms with E-state index in [4.69, 9.17) is 0 Å². The molecular weight excluding hydrogens is 320 g/mol. The van der Waals surface area contributed by atoms with Crippen molar-refractivity contribution >= 4 is 11.8 Å². The third-order valence-electron chi connectivity index (χ3n) is 4.37. The van der Waals surface area contributed by atoms with Gasteiger partial charge in [0.25, 0.3) is 11.5 Å². The van der Waals surface area contributed by atoms with Crippen LogP contribution in [0.25, 0.3) is 11.3 Å². The minimum absolute atomic E-state index is 0.0276. The average Bonchev–Trinajstić information content (AvgIpc) is 2.61. The van der Waals surface area contributed by atoms with Gasteiger partial charge in [-0.15, -0.1) is 0 Å².